The van der Waals surface area contributed by atoms with E-state index in [1.165, 1.54) is 12.8 Å². The zero-order valence-corrected chi connectivity index (χ0v) is 11.0. The van der Waals surface area contributed by atoms with Crippen molar-refractivity contribution < 1.29 is 9.59 Å². The molecule has 1 unspecified atom stereocenters. The van der Waals surface area contributed by atoms with E-state index in [9.17, 15) is 9.59 Å². The van der Waals surface area contributed by atoms with Crippen LogP contribution in [0.2, 0.25) is 0 Å². The minimum atomic E-state index is 0.0722. The Balaban J connectivity index is 2.55. The van der Waals surface area contributed by atoms with Gasteiger partial charge in [-0.15, -0.1) is 0 Å². The van der Waals surface area contributed by atoms with Gasteiger partial charge in [-0.2, -0.15) is 0 Å². The Morgan fingerprint density at radius 1 is 1.29 bits per heavy atom. The Morgan fingerprint density at radius 2 is 2.06 bits per heavy atom. The van der Waals surface area contributed by atoms with Gasteiger partial charge < -0.3 is 5.32 Å². The third kappa shape index (κ3) is 5.31. The van der Waals surface area contributed by atoms with Crippen molar-refractivity contribution in [3.05, 3.63) is 0 Å². The van der Waals surface area contributed by atoms with Crippen LogP contribution in [0, 0.1) is 0 Å². The first-order chi connectivity index (χ1) is 8.13. The van der Waals surface area contributed by atoms with Gasteiger partial charge in [-0.1, -0.05) is 12.8 Å². The number of carbonyl (C=O) groups excluding carboxylic acids is 2. The average molecular weight is 240 g/mol. The Kier molecular flexibility index (Phi) is 6.19. The predicted octanol–water partition coefficient (Wildman–Crippen LogP) is 1.35. The van der Waals surface area contributed by atoms with Crippen LogP contribution < -0.4 is 5.32 Å². The second kappa shape index (κ2) is 7.43. The summed E-state index contributed by atoms with van der Waals surface area (Å²) in [4.78, 5) is 25.1. The molecule has 1 aliphatic heterocycles. The van der Waals surface area contributed by atoms with Crippen LogP contribution in [0.25, 0.3) is 0 Å². The monoisotopic (exact) mass is 240 g/mol. The van der Waals surface area contributed by atoms with E-state index in [2.05, 4.69) is 10.2 Å². The van der Waals surface area contributed by atoms with Crippen LogP contribution in [0.15, 0.2) is 0 Å². The molecule has 0 aromatic heterocycles. The molecule has 4 heteroatoms. The van der Waals surface area contributed by atoms with E-state index in [1.807, 2.05) is 6.92 Å². The van der Waals surface area contributed by atoms with E-state index in [4.69, 9.17) is 0 Å². The van der Waals surface area contributed by atoms with E-state index >= 15 is 0 Å². The van der Waals surface area contributed by atoms with Crippen LogP contribution in [-0.4, -0.2) is 42.3 Å². The molecule has 1 saturated heterocycles. The van der Waals surface area contributed by atoms with Gasteiger partial charge in [-0.3, -0.25) is 14.5 Å². The SMILES string of the molecule is CCNC(=O)CN1CCCCCC1CC(C)=O. The molecule has 4 nitrogen and oxygen atoms in total. The Morgan fingerprint density at radius 3 is 2.71 bits per heavy atom. The molecule has 0 bridgehead atoms. The largest absolute Gasteiger partial charge is 0.355 e. The van der Waals surface area contributed by atoms with Crippen LogP contribution >= 0.6 is 0 Å². The summed E-state index contributed by atoms with van der Waals surface area (Å²) in [7, 11) is 0. The maximum Gasteiger partial charge on any atom is 0.234 e. The number of hydrogen-bond acceptors (Lipinski definition) is 3. The number of Topliss-reactive ketones (excluding diaryl/α,β-unsaturated/α-hetero) is 1. The number of nitrogens with zero attached hydrogens (tertiary/aromatic N) is 1. The molecular formula is C13H24N2O2. The second-order valence-electron chi connectivity index (χ2n) is 4.83. The maximum atomic E-state index is 11.6. The van der Waals surface area contributed by atoms with Crippen molar-refractivity contribution in [2.45, 2.75) is 52.0 Å². The van der Waals surface area contributed by atoms with Gasteiger partial charge in [0.25, 0.3) is 0 Å². The van der Waals surface area contributed by atoms with Crippen LogP contribution in [-0.2, 0) is 9.59 Å². The molecule has 1 rings (SSSR count). The highest BCUT2D eigenvalue weighted by atomic mass is 16.2. The molecule has 17 heavy (non-hydrogen) atoms. The molecule has 0 spiro atoms. The van der Waals surface area contributed by atoms with Crippen molar-refractivity contribution in [1.82, 2.24) is 10.2 Å². The molecule has 0 aromatic rings. The van der Waals surface area contributed by atoms with Crippen LogP contribution in [0.4, 0.5) is 0 Å². The lowest BCUT2D eigenvalue weighted by Gasteiger charge is -2.28. The molecule has 1 aliphatic rings. The normalized spacial score (nSPS) is 21.9. The van der Waals surface area contributed by atoms with E-state index in [0.717, 1.165) is 19.4 Å². The number of likely N-dealkylation sites (tertiary alicyclic amines) is 1. The first-order valence-electron chi connectivity index (χ1n) is 6.63. The summed E-state index contributed by atoms with van der Waals surface area (Å²) >= 11 is 0. The van der Waals surface area contributed by atoms with Crippen molar-refractivity contribution >= 4 is 11.7 Å². The van der Waals surface area contributed by atoms with Gasteiger partial charge in [0.05, 0.1) is 6.54 Å². The highest BCUT2D eigenvalue weighted by molar-refractivity contribution is 5.78. The topological polar surface area (TPSA) is 49.4 Å². The molecular weight excluding hydrogens is 216 g/mol. The van der Waals surface area contributed by atoms with E-state index in [-0.39, 0.29) is 17.7 Å². The van der Waals surface area contributed by atoms with Gasteiger partial charge in [-0.25, -0.2) is 0 Å². The molecule has 0 saturated carbocycles. The summed E-state index contributed by atoms with van der Waals surface area (Å²) in [6, 6.07) is 0.262. The smallest absolute Gasteiger partial charge is 0.234 e. The summed E-state index contributed by atoms with van der Waals surface area (Å²) in [5.74, 6) is 0.292. The molecule has 1 atom stereocenters. The molecule has 98 valence electrons. The van der Waals surface area contributed by atoms with Gasteiger partial charge in [-0.05, 0) is 33.2 Å². The number of carbonyl (C=O) groups is 2. The summed E-state index contributed by atoms with van der Waals surface area (Å²) in [5, 5.41) is 2.82. The minimum Gasteiger partial charge on any atom is -0.355 e. The summed E-state index contributed by atoms with van der Waals surface area (Å²) in [5.41, 5.74) is 0. The van der Waals surface area contributed by atoms with Crippen LogP contribution in [0.3, 0.4) is 0 Å². The first kappa shape index (κ1) is 14.2. The third-order valence-corrected chi connectivity index (χ3v) is 3.24. The second-order valence-corrected chi connectivity index (χ2v) is 4.83. The lowest BCUT2D eigenvalue weighted by atomic mass is 10.0. The van der Waals surface area contributed by atoms with Crippen molar-refractivity contribution in [3.8, 4) is 0 Å². The minimum absolute atomic E-state index is 0.0722. The van der Waals surface area contributed by atoms with Crippen molar-refractivity contribution in [2.75, 3.05) is 19.6 Å². The molecule has 0 aromatic carbocycles. The number of rotatable bonds is 5. The van der Waals surface area contributed by atoms with Crippen molar-refractivity contribution in [2.24, 2.45) is 0 Å². The van der Waals surface area contributed by atoms with Gasteiger partial charge >= 0.3 is 0 Å². The lowest BCUT2D eigenvalue weighted by Crippen LogP contribution is -2.43. The number of ketones is 1. The summed E-state index contributed by atoms with van der Waals surface area (Å²) < 4.78 is 0. The summed E-state index contributed by atoms with van der Waals surface area (Å²) in [6.07, 6.45) is 5.14. The van der Waals surface area contributed by atoms with Crippen LogP contribution in [0.5, 0.6) is 0 Å². The van der Waals surface area contributed by atoms with Crippen molar-refractivity contribution in [3.63, 3.8) is 0 Å². The zero-order valence-electron chi connectivity index (χ0n) is 11.0. The quantitative estimate of drug-likeness (QED) is 0.789. The molecule has 1 fully saturated rings. The number of likely N-dealkylation sites (N-methyl/N-ethyl adjacent to an activating group) is 1. The number of nitrogens with one attached hydrogen (secondary N) is 1. The first-order valence-corrected chi connectivity index (χ1v) is 6.63. The fourth-order valence-electron chi connectivity index (χ4n) is 2.45. The average Bonchev–Trinajstić information content (AvgIpc) is 2.44. The molecule has 1 heterocycles. The van der Waals surface area contributed by atoms with Gasteiger partial charge in [0.15, 0.2) is 0 Å². The Labute approximate surface area is 104 Å². The Bertz CT molecular complexity index is 266. The fraction of sp³-hybridized carbons (Fsp3) is 0.846. The third-order valence-electron chi connectivity index (χ3n) is 3.24. The summed E-state index contributed by atoms with van der Waals surface area (Å²) in [6.45, 7) is 5.60. The van der Waals surface area contributed by atoms with Gasteiger partial charge in [0, 0.05) is 19.0 Å². The van der Waals surface area contributed by atoms with E-state index in [1.54, 1.807) is 6.92 Å². The van der Waals surface area contributed by atoms with E-state index < -0.39 is 0 Å². The number of amides is 1. The Hall–Kier alpha value is -0.900. The molecule has 1 amide bonds. The highest BCUT2D eigenvalue weighted by Crippen LogP contribution is 2.19. The molecule has 0 radical (unpaired) electrons. The fourth-order valence-corrected chi connectivity index (χ4v) is 2.45. The van der Waals surface area contributed by atoms with Gasteiger partial charge in [0.1, 0.15) is 5.78 Å². The zero-order chi connectivity index (χ0) is 12.7. The standard InChI is InChI=1S/C13H24N2O2/c1-3-14-13(17)10-15-8-6-4-5-7-12(15)9-11(2)16/h12H,3-10H2,1-2H3,(H,14,17). The highest BCUT2D eigenvalue weighted by Gasteiger charge is 2.23. The van der Waals surface area contributed by atoms with E-state index in [0.29, 0.717) is 19.5 Å². The maximum absolute atomic E-state index is 11.6. The molecule has 1 N–H and O–H groups in total. The predicted molar refractivity (Wildman–Crippen MR) is 67.8 cm³/mol. The number of hydrogen-bond donors (Lipinski definition) is 1. The van der Waals surface area contributed by atoms with Crippen LogP contribution in [0.1, 0.15) is 46.0 Å². The van der Waals surface area contributed by atoms with Crippen molar-refractivity contribution in [1.29, 1.82) is 0 Å². The lowest BCUT2D eigenvalue weighted by molar-refractivity contribution is -0.124. The van der Waals surface area contributed by atoms with Gasteiger partial charge in [0.2, 0.25) is 5.91 Å². The molecule has 0 aliphatic carbocycles.